The molecular weight excluding hydrogens is 596 g/mol. The zero-order valence-corrected chi connectivity index (χ0v) is 25.3. The molecule has 12 heteroatoms. The number of carbonyl (C=O) groups is 4. The Balaban J connectivity index is 0.000000609. The number of thiophene rings is 1. The van der Waals surface area contributed by atoms with E-state index in [9.17, 15) is 9.59 Å². The normalized spacial score (nSPS) is 15.9. The van der Waals surface area contributed by atoms with Crippen molar-refractivity contribution in [1.82, 2.24) is 15.5 Å². The van der Waals surface area contributed by atoms with Gasteiger partial charge in [0.05, 0.1) is 0 Å². The molecule has 0 spiro atoms. The SMILES string of the molecule is O=C(O)C(=O)O.O=C1NCC(C(=O)Nc2ccc(-c3sc4ccccc4c3Cc3ccc(OCCN4CCCC4)cc3)cc2)N1. The number of nitrogens with zero attached hydrogens (tertiary/aromatic N) is 1. The van der Waals surface area contributed by atoms with Gasteiger partial charge in [-0.2, -0.15) is 0 Å². The minimum atomic E-state index is -1.82. The molecule has 11 nitrogen and oxygen atoms in total. The van der Waals surface area contributed by atoms with Crippen molar-refractivity contribution >= 4 is 51.0 Å². The van der Waals surface area contributed by atoms with E-state index in [1.165, 1.54) is 52.0 Å². The van der Waals surface area contributed by atoms with Crippen molar-refractivity contribution in [1.29, 1.82) is 0 Å². The summed E-state index contributed by atoms with van der Waals surface area (Å²) >= 11 is 1.79. The molecule has 2 fully saturated rings. The van der Waals surface area contributed by atoms with Gasteiger partial charge in [0.25, 0.3) is 0 Å². The lowest BCUT2D eigenvalue weighted by Gasteiger charge is -2.15. The van der Waals surface area contributed by atoms with Crippen LogP contribution in [0.3, 0.4) is 0 Å². The Hall–Kier alpha value is -4.94. The van der Waals surface area contributed by atoms with Crippen LogP contribution in [0, 0.1) is 0 Å². The summed E-state index contributed by atoms with van der Waals surface area (Å²) in [6.07, 6.45) is 3.42. The molecule has 1 aromatic heterocycles. The van der Waals surface area contributed by atoms with Crippen molar-refractivity contribution in [3.05, 3.63) is 83.9 Å². The topological polar surface area (TPSA) is 157 Å². The number of carboxylic acid groups (broad SMARTS) is 2. The highest BCUT2D eigenvalue weighted by atomic mass is 32.1. The summed E-state index contributed by atoms with van der Waals surface area (Å²) in [6, 6.07) is 24.1. The first-order chi connectivity index (χ1) is 21.8. The lowest BCUT2D eigenvalue weighted by Crippen LogP contribution is -2.38. The van der Waals surface area contributed by atoms with Crippen LogP contribution in [0.2, 0.25) is 0 Å². The first kappa shape index (κ1) is 31.5. The van der Waals surface area contributed by atoms with Crippen LogP contribution in [0.1, 0.15) is 24.0 Å². The smallest absolute Gasteiger partial charge is 0.414 e. The van der Waals surface area contributed by atoms with E-state index in [2.05, 4.69) is 69.4 Å². The Morgan fingerprint density at radius 3 is 2.27 bits per heavy atom. The fraction of sp³-hybridized carbons (Fsp3) is 0.273. The molecular formula is C33H34N4O7S. The number of carboxylic acids is 2. The quantitative estimate of drug-likeness (QED) is 0.170. The maximum absolute atomic E-state index is 12.5. The highest BCUT2D eigenvalue weighted by Gasteiger charge is 2.26. The largest absolute Gasteiger partial charge is 0.492 e. The van der Waals surface area contributed by atoms with Crippen molar-refractivity contribution in [3.63, 3.8) is 0 Å². The molecule has 0 aliphatic carbocycles. The molecule has 1 atom stereocenters. The Morgan fingerprint density at radius 1 is 0.933 bits per heavy atom. The van der Waals surface area contributed by atoms with E-state index in [1.807, 2.05) is 24.3 Å². The number of aliphatic carboxylic acids is 2. The van der Waals surface area contributed by atoms with E-state index >= 15 is 0 Å². The monoisotopic (exact) mass is 630 g/mol. The van der Waals surface area contributed by atoms with Crippen LogP contribution in [-0.4, -0.2) is 77.8 Å². The second-order valence-corrected chi connectivity index (χ2v) is 11.8. The zero-order chi connectivity index (χ0) is 31.8. The number of hydrogen-bond acceptors (Lipinski definition) is 7. The molecule has 1 unspecified atom stereocenters. The molecule has 2 aliphatic heterocycles. The average Bonchev–Trinajstić information content (AvgIpc) is 3.80. The van der Waals surface area contributed by atoms with Gasteiger partial charge in [0.2, 0.25) is 5.91 Å². The van der Waals surface area contributed by atoms with Gasteiger partial charge < -0.3 is 30.9 Å². The highest BCUT2D eigenvalue weighted by Crippen LogP contribution is 2.40. The van der Waals surface area contributed by atoms with Crippen molar-refractivity contribution < 1.29 is 34.1 Å². The van der Waals surface area contributed by atoms with Gasteiger partial charge in [-0.15, -0.1) is 11.3 Å². The van der Waals surface area contributed by atoms with Gasteiger partial charge in [-0.25, -0.2) is 14.4 Å². The summed E-state index contributed by atoms with van der Waals surface area (Å²) in [6.45, 7) is 4.38. The van der Waals surface area contributed by atoms with Crippen molar-refractivity contribution in [2.24, 2.45) is 0 Å². The minimum absolute atomic E-state index is 0.230. The number of nitrogens with one attached hydrogen (secondary N) is 3. The first-order valence-electron chi connectivity index (χ1n) is 14.6. The summed E-state index contributed by atoms with van der Waals surface area (Å²) < 4.78 is 7.26. The summed E-state index contributed by atoms with van der Waals surface area (Å²) in [5, 5.41) is 24.2. The van der Waals surface area contributed by atoms with Crippen LogP contribution in [0.5, 0.6) is 5.75 Å². The summed E-state index contributed by atoms with van der Waals surface area (Å²) in [5.74, 6) is -2.96. The summed E-state index contributed by atoms with van der Waals surface area (Å²) in [5.41, 5.74) is 4.35. The number of likely N-dealkylation sites (tertiary alicyclic amines) is 1. The van der Waals surface area contributed by atoms with Crippen molar-refractivity contribution in [3.8, 4) is 16.2 Å². The second-order valence-electron chi connectivity index (χ2n) is 10.7. The molecule has 3 heterocycles. The van der Waals surface area contributed by atoms with E-state index in [1.54, 1.807) is 11.3 Å². The van der Waals surface area contributed by atoms with Crippen LogP contribution in [-0.2, 0) is 20.8 Å². The van der Waals surface area contributed by atoms with Crippen LogP contribution in [0.15, 0.2) is 72.8 Å². The highest BCUT2D eigenvalue weighted by molar-refractivity contribution is 7.22. The number of anilines is 1. The number of rotatable bonds is 9. The molecule has 6 rings (SSSR count). The number of urea groups is 1. The Bertz CT molecular complexity index is 1650. The van der Waals surface area contributed by atoms with Gasteiger partial charge in [-0.1, -0.05) is 42.5 Å². The van der Waals surface area contributed by atoms with Gasteiger partial charge in [-0.05, 0) is 84.8 Å². The zero-order valence-electron chi connectivity index (χ0n) is 24.5. The number of hydrogen-bond donors (Lipinski definition) is 5. The van der Waals surface area contributed by atoms with Crippen molar-refractivity contribution in [2.75, 3.05) is 38.1 Å². The number of ether oxygens (including phenoxy) is 1. The van der Waals surface area contributed by atoms with Crippen LogP contribution in [0.4, 0.5) is 10.5 Å². The van der Waals surface area contributed by atoms with Gasteiger partial charge in [-0.3, -0.25) is 9.69 Å². The summed E-state index contributed by atoms with van der Waals surface area (Å²) in [7, 11) is 0. The predicted octanol–water partition coefficient (Wildman–Crippen LogP) is 4.41. The third-order valence-electron chi connectivity index (χ3n) is 7.56. The number of carbonyl (C=O) groups excluding carboxylic acids is 2. The number of fused-ring (bicyclic) bond motifs is 1. The maximum Gasteiger partial charge on any atom is 0.414 e. The van der Waals surface area contributed by atoms with Crippen LogP contribution in [0.25, 0.3) is 20.5 Å². The Morgan fingerprint density at radius 2 is 1.62 bits per heavy atom. The molecule has 234 valence electrons. The molecule has 0 radical (unpaired) electrons. The van der Waals surface area contributed by atoms with E-state index < -0.39 is 18.0 Å². The lowest BCUT2D eigenvalue weighted by molar-refractivity contribution is -0.159. The molecule has 0 saturated carbocycles. The third-order valence-corrected chi connectivity index (χ3v) is 8.83. The molecule has 2 saturated heterocycles. The van der Waals surface area contributed by atoms with Gasteiger partial charge in [0, 0.05) is 28.4 Å². The summed E-state index contributed by atoms with van der Waals surface area (Å²) in [4.78, 5) is 45.7. The third kappa shape index (κ3) is 8.37. The number of amides is 3. The molecule has 3 aromatic carbocycles. The van der Waals surface area contributed by atoms with Gasteiger partial charge in [0.1, 0.15) is 18.4 Å². The lowest BCUT2D eigenvalue weighted by atomic mass is 9.99. The Labute approximate surface area is 263 Å². The molecule has 3 amide bonds. The van der Waals surface area contributed by atoms with E-state index in [-0.39, 0.29) is 11.9 Å². The van der Waals surface area contributed by atoms with E-state index in [0.29, 0.717) is 12.2 Å². The molecule has 45 heavy (non-hydrogen) atoms. The fourth-order valence-electron chi connectivity index (χ4n) is 5.26. The first-order valence-corrected chi connectivity index (χ1v) is 15.4. The van der Waals surface area contributed by atoms with E-state index in [4.69, 9.17) is 24.5 Å². The average molecular weight is 631 g/mol. The van der Waals surface area contributed by atoms with E-state index in [0.717, 1.165) is 30.9 Å². The number of benzene rings is 3. The standard InChI is InChI=1S/C31H32N4O3S.C2H2O4/c36-30(27-20-32-31(37)34-27)33-23-11-9-22(10-12-23)29-26(25-5-1-2-6-28(25)39-29)19-21-7-13-24(14-8-21)38-18-17-35-15-3-4-16-35;3-1(4)2(5)6/h1-2,5-14,27H,3-4,15-20H2,(H,33,36)(H2,32,34,37);(H,3,4)(H,5,6). The molecule has 5 N–H and O–H groups in total. The fourth-order valence-corrected chi connectivity index (χ4v) is 6.49. The van der Waals surface area contributed by atoms with Crippen molar-refractivity contribution in [2.45, 2.75) is 25.3 Å². The van der Waals surface area contributed by atoms with Crippen LogP contribution >= 0.6 is 11.3 Å². The predicted molar refractivity (Wildman–Crippen MR) is 172 cm³/mol. The Kier molecular flexibility index (Phi) is 10.3. The second kappa shape index (κ2) is 14.7. The van der Waals surface area contributed by atoms with Gasteiger partial charge in [0.15, 0.2) is 0 Å². The van der Waals surface area contributed by atoms with Crippen LogP contribution < -0.4 is 20.7 Å². The molecule has 2 aliphatic rings. The maximum atomic E-state index is 12.5. The molecule has 4 aromatic rings. The van der Waals surface area contributed by atoms with Gasteiger partial charge >= 0.3 is 18.0 Å². The molecule has 0 bridgehead atoms. The minimum Gasteiger partial charge on any atom is -0.492 e.